The lowest BCUT2D eigenvalue weighted by Gasteiger charge is -2.31. The predicted molar refractivity (Wildman–Crippen MR) is 92.5 cm³/mol. The highest BCUT2D eigenvalue weighted by molar-refractivity contribution is 6.31. The number of nitrogens with one attached hydrogen (secondary N) is 1. The molecule has 1 atom stereocenters. The molecule has 2 aromatic rings. The molecule has 1 aromatic heterocycles. The summed E-state index contributed by atoms with van der Waals surface area (Å²) in [7, 11) is 0. The van der Waals surface area contributed by atoms with E-state index in [9.17, 15) is 0 Å². The summed E-state index contributed by atoms with van der Waals surface area (Å²) < 4.78 is 5.45. The molecule has 1 N–H and O–H groups in total. The average Bonchev–Trinajstić information content (AvgIpc) is 2.61. The molecule has 1 fully saturated rings. The van der Waals surface area contributed by atoms with Crippen LogP contribution in [0.3, 0.4) is 0 Å². The second-order valence-electron chi connectivity index (χ2n) is 5.72. The molecule has 1 aromatic carbocycles. The highest BCUT2D eigenvalue weighted by Gasteiger charge is 2.18. The van der Waals surface area contributed by atoms with Crippen LogP contribution in [0.4, 0.5) is 0 Å². The fourth-order valence-corrected chi connectivity index (χ4v) is 2.98. The Morgan fingerprint density at radius 3 is 2.70 bits per heavy atom. The van der Waals surface area contributed by atoms with Gasteiger partial charge in [0.2, 0.25) is 0 Å². The van der Waals surface area contributed by atoms with E-state index in [4.69, 9.17) is 16.3 Å². The molecule has 0 unspecified atom stereocenters. The van der Waals surface area contributed by atoms with Crippen LogP contribution in [0.2, 0.25) is 5.02 Å². The molecule has 1 aliphatic heterocycles. The van der Waals surface area contributed by atoms with Gasteiger partial charge >= 0.3 is 0 Å². The highest BCUT2D eigenvalue weighted by Crippen LogP contribution is 2.18. The largest absolute Gasteiger partial charge is 0.379 e. The summed E-state index contributed by atoms with van der Waals surface area (Å²) in [4.78, 5) is 6.49. The molecule has 1 saturated heterocycles. The summed E-state index contributed by atoms with van der Waals surface area (Å²) in [5.41, 5.74) is 2.37. The van der Waals surface area contributed by atoms with Gasteiger partial charge in [0.15, 0.2) is 0 Å². The van der Waals surface area contributed by atoms with E-state index < -0.39 is 0 Å². The Hall–Kier alpha value is -1.46. The Kier molecular flexibility index (Phi) is 6.00. The van der Waals surface area contributed by atoms with Crippen LogP contribution in [0, 0.1) is 0 Å². The molecule has 0 radical (unpaired) electrons. The van der Waals surface area contributed by atoms with Crippen molar-refractivity contribution in [2.45, 2.75) is 12.6 Å². The lowest BCUT2D eigenvalue weighted by atomic mass is 10.1. The van der Waals surface area contributed by atoms with E-state index in [2.05, 4.69) is 45.5 Å². The zero-order valence-corrected chi connectivity index (χ0v) is 13.9. The molecule has 1 aliphatic rings. The fraction of sp³-hybridized carbons (Fsp3) is 0.389. The van der Waals surface area contributed by atoms with Gasteiger partial charge in [-0.25, -0.2) is 0 Å². The van der Waals surface area contributed by atoms with Crippen LogP contribution in [-0.4, -0.2) is 42.7 Å². The molecule has 3 rings (SSSR count). The Bertz CT molecular complexity index is 602. The number of pyridine rings is 1. The quantitative estimate of drug-likeness (QED) is 0.883. The third-order valence-electron chi connectivity index (χ3n) is 4.14. The van der Waals surface area contributed by atoms with Gasteiger partial charge in [-0.05, 0) is 17.2 Å². The summed E-state index contributed by atoms with van der Waals surface area (Å²) in [6, 6.07) is 12.8. The summed E-state index contributed by atoms with van der Waals surface area (Å²) in [6.45, 7) is 5.30. The topological polar surface area (TPSA) is 37.4 Å². The van der Waals surface area contributed by atoms with Gasteiger partial charge in [-0.1, -0.05) is 41.9 Å². The zero-order valence-electron chi connectivity index (χ0n) is 13.1. The number of morpholine rings is 1. The molecule has 0 spiro atoms. The van der Waals surface area contributed by atoms with E-state index in [-0.39, 0.29) is 6.04 Å². The summed E-state index contributed by atoms with van der Waals surface area (Å²) in [6.07, 6.45) is 3.47. The molecule has 4 nitrogen and oxygen atoms in total. The van der Waals surface area contributed by atoms with Crippen LogP contribution < -0.4 is 5.32 Å². The molecule has 0 bridgehead atoms. The van der Waals surface area contributed by atoms with Crippen molar-refractivity contribution in [2.75, 3.05) is 32.8 Å². The number of hydrogen-bond acceptors (Lipinski definition) is 4. The first-order chi connectivity index (χ1) is 11.3. The maximum atomic E-state index is 6.22. The first-order valence-corrected chi connectivity index (χ1v) is 8.37. The SMILES string of the molecule is Clc1cnccc1CN[C@H](CN1CCOCC1)c1ccccc1. The molecular formula is C18H22ClN3O. The van der Waals surface area contributed by atoms with Gasteiger partial charge in [-0.15, -0.1) is 0 Å². The van der Waals surface area contributed by atoms with Crippen LogP contribution >= 0.6 is 11.6 Å². The summed E-state index contributed by atoms with van der Waals surface area (Å²) in [5.74, 6) is 0. The van der Waals surface area contributed by atoms with E-state index in [1.807, 2.05) is 6.07 Å². The monoisotopic (exact) mass is 331 g/mol. The van der Waals surface area contributed by atoms with Crippen molar-refractivity contribution >= 4 is 11.6 Å². The van der Waals surface area contributed by atoms with Gasteiger partial charge in [-0.2, -0.15) is 0 Å². The minimum absolute atomic E-state index is 0.263. The zero-order chi connectivity index (χ0) is 15.9. The molecule has 23 heavy (non-hydrogen) atoms. The van der Waals surface area contributed by atoms with Crippen molar-refractivity contribution < 1.29 is 4.74 Å². The minimum Gasteiger partial charge on any atom is -0.379 e. The van der Waals surface area contributed by atoms with Crippen LogP contribution in [-0.2, 0) is 11.3 Å². The second kappa shape index (κ2) is 8.41. The number of benzene rings is 1. The minimum atomic E-state index is 0.263. The fourth-order valence-electron chi connectivity index (χ4n) is 2.80. The van der Waals surface area contributed by atoms with Gasteiger partial charge in [0.25, 0.3) is 0 Å². The molecular weight excluding hydrogens is 310 g/mol. The van der Waals surface area contributed by atoms with Crippen molar-refractivity contribution in [1.29, 1.82) is 0 Å². The van der Waals surface area contributed by atoms with Crippen LogP contribution in [0.25, 0.3) is 0 Å². The first-order valence-electron chi connectivity index (χ1n) is 8.00. The molecule has 0 saturated carbocycles. The van der Waals surface area contributed by atoms with Crippen LogP contribution in [0.15, 0.2) is 48.8 Å². The van der Waals surface area contributed by atoms with Gasteiger partial charge < -0.3 is 10.1 Å². The molecule has 5 heteroatoms. The lowest BCUT2D eigenvalue weighted by Crippen LogP contribution is -2.41. The molecule has 122 valence electrons. The van der Waals surface area contributed by atoms with E-state index in [0.717, 1.165) is 45.0 Å². The Balaban J connectivity index is 1.68. The third-order valence-corrected chi connectivity index (χ3v) is 4.48. The highest BCUT2D eigenvalue weighted by atomic mass is 35.5. The van der Waals surface area contributed by atoms with Gasteiger partial charge in [-0.3, -0.25) is 9.88 Å². The van der Waals surface area contributed by atoms with Gasteiger partial charge in [0.1, 0.15) is 0 Å². The number of aromatic nitrogens is 1. The standard InChI is InChI=1S/C18H22ClN3O/c19-17-13-20-7-6-16(17)12-21-18(15-4-2-1-3-5-15)14-22-8-10-23-11-9-22/h1-7,13,18,21H,8-12,14H2/t18-/m1/s1. The number of nitrogens with zero attached hydrogens (tertiary/aromatic N) is 2. The van der Waals surface area contributed by atoms with Crippen molar-refractivity contribution in [3.05, 3.63) is 64.9 Å². The van der Waals surface area contributed by atoms with Crippen molar-refractivity contribution in [3.8, 4) is 0 Å². The van der Waals surface area contributed by atoms with Crippen molar-refractivity contribution in [1.82, 2.24) is 15.2 Å². The number of ether oxygens (including phenoxy) is 1. The lowest BCUT2D eigenvalue weighted by molar-refractivity contribution is 0.0333. The summed E-state index contributed by atoms with van der Waals surface area (Å²) in [5, 5.41) is 4.35. The van der Waals surface area contributed by atoms with Crippen molar-refractivity contribution in [3.63, 3.8) is 0 Å². The van der Waals surface area contributed by atoms with Crippen molar-refractivity contribution in [2.24, 2.45) is 0 Å². The maximum Gasteiger partial charge on any atom is 0.0634 e. The maximum absolute atomic E-state index is 6.22. The molecule has 0 aliphatic carbocycles. The Labute approximate surface area is 142 Å². The summed E-state index contributed by atoms with van der Waals surface area (Å²) >= 11 is 6.22. The number of hydrogen-bond donors (Lipinski definition) is 1. The van der Waals surface area contributed by atoms with Gasteiger partial charge in [0, 0.05) is 44.6 Å². The second-order valence-corrected chi connectivity index (χ2v) is 6.13. The predicted octanol–water partition coefficient (Wildman–Crippen LogP) is 2.90. The van der Waals surface area contributed by atoms with E-state index in [1.165, 1.54) is 5.56 Å². The third kappa shape index (κ3) is 4.75. The Morgan fingerprint density at radius 2 is 1.96 bits per heavy atom. The normalized spacial score (nSPS) is 17.1. The van der Waals surface area contributed by atoms with Gasteiger partial charge in [0.05, 0.1) is 18.2 Å². The molecule has 0 amide bonds. The number of rotatable bonds is 6. The molecule has 2 heterocycles. The van der Waals surface area contributed by atoms with E-state index >= 15 is 0 Å². The van der Waals surface area contributed by atoms with E-state index in [1.54, 1.807) is 12.4 Å². The first kappa shape index (κ1) is 16.4. The van der Waals surface area contributed by atoms with E-state index in [0.29, 0.717) is 5.02 Å². The number of halogens is 1. The van der Waals surface area contributed by atoms with Crippen LogP contribution in [0.5, 0.6) is 0 Å². The van der Waals surface area contributed by atoms with Crippen LogP contribution in [0.1, 0.15) is 17.2 Å². The average molecular weight is 332 g/mol. The Morgan fingerprint density at radius 1 is 1.17 bits per heavy atom. The smallest absolute Gasteiger partial charge is 0.0634 e.